The Balaban J connectivity index is 1.59. The van der Waals surface area contributed by atoms with E-state index in [1.807, 2.05) is 0 Å². The van der Waals surface area contributed by atoms with E-state index in [9.17, 15) is 9.90 Å². The first-order valence-electron chi connectivity index (χ1n) is 13.8. The van der Waals surface area contributed by atoms with Gasteiger partial charge in [0.1, 0.15) is 0 Å². The molecule has 0 aromatic carbocycles. The number of hydrogen-bond acceptors (Lipinski definition) is 3. The van der Waals surface area contributed by atoms with Gasteiger partial charge in [-0.1, -0.05) is 53.2 Å². The summed E-state index contributed by atoms with van der Waals surface area (Å²) in [6, 6.07) is 0. The molecule has 0 radical (unpaired) electrons. The molecule has 4 fully saturated rings. The molecule has 0 heterocycles. The number of aliphatic hydroxyl groups excluding tert-OH is 1. The van der Waals surface area contributed by atoms with Gasteiger partial charge in [-0.25, -0.2) is 0 Å². The van der Waals surface area contributed by atoms with Crippen LogP contribution in [-0.2, 0) is 9.53 Å². The number of esters is 1. The smallest absolute Gasteiger partial charge is 0.312 e. The molecule has 9 atom stereocenters. The van der Waals surface area contributed by atoms with Crippen molar-refractivity contribution in [2.24, 2.45) is 50.7 Å². The van der Waals surface area contributed by atoms with Crippen LogP contribution in [0.25, 0.3) is 0 Å². The van der Waals surface area contributed by atoms with Gasteiger partial charge in [0.05, 0.1) is 18.6 Å². The van der Waals surface area contributed by atoms with Crippen molar-refractivity contribution in [2.45, 2.75) is 112 Å². The fourth-order valence-corrected chi connectivity index (χ4v) is 10.7. The van der Waals surface area contributed by atoms with Crippen LogP contribution >= 0.6 is 0 Å². The van der Waals surface area contributed by atoms with E-state index >= 15 is 0 Å². The molecular formula is C30H48O3. The summed E-state index contributed by atoms with van der Waals surface area (Å²) in [5, 5.41) is 10.9. The number of allylic oxidation sites excluding steroid dienone is 2. The number of aliphatic hydroxyl groups is 1. The molecular weight excluding hydrogens is 408 g/mol. The van der Waals surface area contributed by atoms with E-state index in [1.54, 1.807) is 12.7 Å². The van der Waals surface area contributed by atoms with Gasteiger partial charge in [-0.15, -0.1) is 0 Å². The lowest BCUT2D eigenvalue weighted by Gasteiger charge is -2.71. The zero-order valence-electron chi connectivity index (χ0n) is 22.3. The monoisotopic (exact) mass is 456 g/mol. The number of carbonyl (C=O) groups excluding carboxylic acids is 1. The van der Waals surface area contributed by atoms with E-state index in [1.165, 1.54) is 12.8 Å². The molecule has 0 aliphatic heterocycles. The van der Waals surface area contributed by atoms with Crippen LogP contribution in [0.2, 0.25) is 0 Å². The maximum atomic E-state index is 13.2. The van der Waals surface area contributed by atoms with E-state index in [2.05, 4.69) is 47.6 Å². The van der Waals surface area contributed by atoms with Crippen LogP contribution in [0.3, 0.4) is 0 Å². The number of rotatable bonds is 1. The predicted octanol–water partition coefficient (Wildman–Crippen LogP) is 6.93. The Kier molecular flexibility index (Phi) is 5.31. The van der Waals surface area contributed by atoms with Gasteiger partial charge in [0, 0.05) is 0 Å². The summed E-state index contributed by atoms with van der Waals surface area (Å²) in [7, 11) is 1.59. The molecule has 5 aliphatic rings. The number of methoxy groups -OCH3 is 1. The summed E-state index contributed by atoms with van der Waals surface area (Å²) in [4.78, 5) is 13.2. The molecule has 5 aliphatic carbocycles. The van der Waals surface area contributed by atoms with Crippen molar-refractivity contribution in [3.63, 3.8) is 0 Å². The minimum atomic E-state index is -0.298. The summed E-state index contributed by atoms with van der Waals surface area (Å²) in [5.74, 6) is 2.30. The van der Waals surface area contributed by atoms with Gasteiger partial charge in [0.15, 0.2) is 0 Å². The molecule has 5 rings (SSSR count). The second-order valence-electron chi connectivity index (χ2n) is 14.3. The lowest BCUT2D eigenvalue weighted by atomic mass is 9.34. The first-order valence-corrected chi connectivity index (χ1v) is 13.8. The highest BCUT2D eigenvalue weighted by atomic mass is 16.5. The first kappa shape index (κ1) is 23.9. The Bertz CT molecular complexity index is 859. The number of hydrogen-bond donors (Lipinski definition) is 1. The van der Waals surface area contributed by atoms with E-state index in [0.29, 0.717) is 23.7 Å². The van der Waals surface area contributed by atoms with Crippen LogP contribution in [0.5, 0.6) is 0 Å². The standard InChI is InChI=1S/C30H48O3/c1-19-10-15-30(25(32)33-7)17-16-28(5)20(21(30)18-19)8-9-23-27(4)13-12-24(31)26(2,3)22(27)11-14-29(23,28)6/h8,19,21-24,31H,9-18H2,1-7H3/t19-,21+,22+,23-,24+,27+,28-,29-,30+/m1/s1. The molecule has 0 saturated heterocycles. The van der Waals surface area contributed by atoms with Gasteiger partial charge in [-0.05, 0) is 110 Å². The van der Waals surface area contributed by atoms with E-state index in [-0.39, 0.29) is 39.1 Å². The number of ether oxygens (including phenoxy) is 1. The van der Waals surface area contributed by atoms with Crippen molar-refractivity contribution in [3.8, 4) is 0 Å². The van der Waals surface area contributed by atoms with Crippen LogP contribution in [-0.4, -0.2) is 24.3 Å². The summed E-state index contributed by atoms with van der Waals surface area (Å²) in [5.41, 5.74) is 1.99. The predicted molar refractivity (Wildman–Crippen MR) is 132 cm³/mol. The zero-order valence-corrected chi connectivity index (χ0v) is 22.3. The number of carbonyl (C=O) groups is 1. The fraction of sp³-hybridized carbons (Fsp3) is 0.900. The maximum Gasteiger partial charge on any atom is 0.312 e. The van der Waals surface area contributed by atoms with Crippen LogP contribution in [0.15, 0.2) is 11.6 Å². The minimum Gasteiger partial charge on any atom is -0.469 e. The molecule has 0 amide bonds. The zero-order chi connectivity index (χ0) is 24.0. The molecule has 3 heteroatoms. The first-order chi connectivity index (χ1) is 15.4. The van der Waals surface area contributed by atoms with Crippen molar-refractivity contribution in [1.82, 2.24) is 0 Å². The topological polar surface area (TPSA) is 46.5 Å². The van der Waals surface area contributed by atoms with Gasteiger partial charge < -0.3 is 9.84 Å². The minimum absolute atomic E-state index is 0.00929. The molecule has 0 bridgehead atoms. The molecule has 1 N–H and O–H groups in total. The molecule has 33 heavy (non-hydrogen) atoms. The molecule has 0 aromatic rings. The Morgan fingerprint density at radius 3 is 2.39 bits per heavy atom. The van der Waals surface area contributed by atoms with E-state index < -0.39 is 0 Å². The van der Waals surface area contributed by atoms with E-state index in [0.717, 1.165) is 51.4 Å². The highest BCUT2D eigenvalue weighted by molar-refractivity contribution is 5.78. The van der Waals surface area contributed by atoms with Gasteiger partial charge >= 0.3 is 5.97 Å². The van der Waals surface area contributed by atoms with Crippen molar-refractivity contribution in [2.75, 3.05) is 7.11 Å². The van der Waals surface area contributed by atoms with Gasteiger partial charge in [-0.3, -0.25) is 4.79 Å². The molecule has 3 nitrogen and oxygen atoms in total. The average molecular weight is 457 g/mol. The highest BCUT2D eigenvalue weighted by Gasteiger charge is 2.68. The number of fused-ring (bicyclic) bond motifs is 7. The molecule has 0 spiro atoms. The lowest BCUT2D eigenvalue weighted by Crippen LogP contribution is -2.65. The van der Waals surface area contributed by atoms with Gasteiger partial charge in [0.2, 0.25) is 0 Å². The highest BCUT2D eigenvalue weighted by Crippen LogP contribution is 2.75. The van der Waals surface area contributed by atoms with Crippen molar-refractivity contribution < 1.29 is 14.6 Å². The summed E-state index contributed by atoms with van der Waals surface area (Å²) >= 11 is 0. The quantitative estimate of drug-likeness (QED) is 0.344. The summed E-state index contributed by atoms with van der Waals surface area (Å²) in [6.07, 6.45) is 13.5. The molecule has 4 saturated carbocycles. The Hall–Kier alpha value is -0.830. The molecule has 186 valence electrons. The second-order valence-corrected chi connectivity index (χ2v) is 14.3. The third-order valence-electron chi connectivity index (χ3n) is 12.9. The lowest BCUT2D eigenvalue weighted by molar-refractivity contribution is -0.205. The van der Waals surface area contributed by atoms with Crippen molar-refractivity contribution >= 4 is 5.97 Å². The Morgan fingerprint density at radius 1 is 0.970 bits per heavy atom. The van der Waals surface area contributed by atoms with Crippen LogP contribution < -0.4 is 0 Å². The second kappa shape index (κ2) is 7.34. The summed E-state index contributed by atoms with van der Waals surface area (Å²) in [6.45, 7) is 14.8. The SMILES string of the molecule is COC(=O)[C@]12CC[C@@H](C)C[C@H]1C1=CC[C@@H]3[C@@]4(C)CC[C@H](O)C(C)(C)[C@@H]4CC[C@@]3(C)[C@]1(C)CC2. The third kappa shape index (κ3) is 2.87. The van der Waals surface area contributed by atoms with E-state index in [4.69, 9.17) is 4.74 Å². The average Bonchev–Trinajstić information content (AvgIpc) is 2.76. The molecule has 0 unspecified atom stereocenters. The normalized spacial score (nSPS) is 53.0. The van der Waals surface area contributed by atoms with Crippen LogP contribution in [0, 0.1) is 50.7 Å². The van der Waals surface area contributed by atoms with Crippen LogP contribution in [0.1, 0.15) is 106 Å². The largest absolute Gasteiger partial charge is 0.469 e. The Morgan fingerprint density at radius 2 is 1.70 bits per heavy atom. The maximum absolute atomic E-state index is 13.2. The summed E-state index contributed by atoms with van der Waals surface area (Å²) < 4.78 is 5.46. The van der Waals surface area contributed by atoms with Crippen molar-refractivity contribution in [1.29, 1.82) is 0 Å². The molecule has 0 aromatic heterocycles. The Labute approximate surface area is 202 Å². The van der Waals surface area contributed by atoms with Gasteiger partial charge in [-0.2, -0.15) is 0 Å². The van der Waals surface area contributed by atoms with Crippen LogP contribution in [0.4, 0.5) is 0 Å². The fourth-order valence-electron chi connectivity index (χ4n) is 10.7. The van der Waals surface area contributed by atoms with Gasteiger partial charge in [0.25, 0.3) is 0 Å². The van der Waals surface area contributed by atoms with Crippen molar-refractivity contribution in [3.05, 3.63) is 11.6 Å². The third-order valence-corrected chi connectivity index (χ3v) is 12.9.